The number of amides is 1. The van der Waals surface area contributed by atoms with Gasteiger partial charge in [-0.15, -0.1) is 0 Å². The summed E-state index contributed by atoms with van der Waals surface area (Å²) in [6, 6.07) is 20.8. The van der Waals surface area contributed by atoms with Crippen molar-refractivity contribution in [3.8, 4) is 0 Å². The molecule has 0 unspecified atom stereocenters. The number of anilines is 1. The van der Waals surface area contributed by atoms with Crippen molar-refractivity contribution in [2.45, 2.75) is 25.3 Å². The molecule has 2 heterocycles. The van der Waals surface area contributed by atoms with E-state index in [1.165, 1.54) is 5.56 Å². The van der Waals surface area contributed by atoms with Gasteiger partial charge in [0.2, 0.25) is 10.0 Å². The summed E-state index contributed by atoms with van der Waals surface area (Å²) in [6.45, 7) is 9.75. The third kappa shape index (κ3) is 6.30. The lowest BCUT2D eigenvalue weighted by Crippen LogP contribution is -2.49. The second kappa shape index (κ2) is 11.7. The van der Waals surface area contributed by atoms with E-state index in [9.17, 15) is 13.2 Å². The van der Waals surface area contributed by atoms with Crippen molar-refractivity contribution in [2.75, 3.05) is 57.3 Å². The lowest BCUT2D eigenvalue weighted by molar-refractivity contribution is 0.0746. The summed E-state index contributed by atoms with van der Waals surface area (Å²) in [4.78, 5) is 20.1. The van der Waals surface area contributed by atoms with Crippen molar-refractivity contribution < 1.29 is 13.2 Å². The van der Waals surface area contributed by atoms with Gasteiger partial charge < -0.3 is 9.80 Å². The molecule has 5 rings (SSSR count). The summed E-state index contributed by atoms with van der Waals surface area (Å²) < 4.78 is 27.6. The van der Waals surface area contributed by atoms with Crippen LogP contribution in [0, 0.1) is 13.8 Å². The van der Waals surface area contributed by atoms with Crippen molar-refractivity contribution in [3.63, 3.8) is 0 Å². The molecule has 2 saturated heterocycles. The van der Waals surface area contributed by atoms with Crippen LogP contribution in [0.1, 0.15) is 27.0 Å². The highest BCUT2D eigenvalue weighted by atomic mass is 35.5. The molecule has 3 aromatic rings. The Labute approximate surface area is 236 Å². The van der Waals surface area contributed by atoms with Crippen molar-refractivity contribution >= 4 is 33.2 Å². The molecule has 206 valence electrons. The molecule has 0 aliphatic carbocycles. The summed E-state index contributed by atoms with van der Waals surface area (Å²) >= 11 is 6.21. The number of sulfonamides is 1. The summed E-state index contributed by atoms with van der Waals surface area (Å²) in [6.07, 6.45) is 0. The molecular weight excluding hydrogens is 532 g/mol. The zero-order valence-corrected chi connectivity index (χ0v) is 24.1. The Morgan fingerprint density at radius 3 is 2.21 bits per heavy atom. The van der Waals surface area contributed by atoms with E-state index in [4.69, 9.17) is 11.6 Å². The van der Waals surface area contributed by atoms with Crippen LogP contribution < -0.4 is 4.90 Å². The number of halogens is 1. The number of hydrogen-bond acceptors (Lipinski definition) is 5. The van der Waals surface area contributed by atoms with Gasteiger partial charge in [0.25, 0.3) is 5.91 Å². The summed E-state index contributed by atoms with van der Waals surface area (Å²) in [7, 11) is -3.49. The van der Waals surface area contributed by atoms with Crippen LogP contribution >= 0.6 is 11.6 Å². The van der Waals surface area contributed by atoms with Crippen molar-refractivity contribution in [1.29, 1.82) is 0 Å². The maximum Gasteiger partial charge on any atom is 0.253 e. The second-order valence-electron chi connectivity index (χ2n) is 10.4. The Bertz CT molecular complexity index is 1430. The third-order valence-corrected chi connectivity index (χ3v) is 9.80. The molecule has 2 fully saturated rings. The number of nitrogens with zero attached hydrogens (tertiary/aromatic N) is 4. The van der Waals surface area contributed by atoms with E-state index in [0.29, 0.717) is 56.3 Å². The van der Waals surface area contributed by atoms with Crippen LogP contribution in [-0.2, 0) is 16.6 Å². The summed E-state index contributed by atoms with van der Waals surface area (Å²) in [5.41, 5.74) is 5.10. The largest absolute Gasteiger partial charge is 0.368 e. The highest BCUT2D eigenvalue weighted by Crippen LogP contribution is 2.26. The molecule has 2 aliphatic rings. The van der Waals surface area contributed by atoms with Crippen molar-refractivity contribution in [2.24, 2.45) is 0 Å². The first-order valence-electron chi connectivity index (χ1n) is 13.4. The van der Waals surface area contributed by atoms with Crippen LogP contribution in [0.25, 0.3) is 0 Å². The molecule has 0 N–H and O–H groups in total. The molecule has 1 amide bonds. The number of carbonyl (C=O) groups is 1. The van der Waals surface area contributed by atoms with Crippen LogP contribution in [0.3, 0.4) is 0 Å². The molecule has 9 heteroatoms. The Hall–Kier alpha value is -2.91. The van der Waals surface area contributed by atoms with E-state index in [-0.39, 0.29) is 5.91 Å². The molecular formula is C30H35ClN4O3S. The van der Waals surface area contributed by atoms with Gasteiger partial charge in [0, 0.05) is 75.2 Å². The van der Waals surface area contributed by atoms with Crippen LogP contribution in [0.5, 0.6) is 0 Å². The van der Waals surface area contributed by atoms with Crippen LogP contribution in [-0.4, -0.2) is 80.8 Å². The average molecular weight is 567 g/mol. The van der Waals surface area contributed by atoms with Gasteiger partial charge in [-0.1, -0.05) is 47.5 Å². The fraction of sp³-hybridized carbons (Fsp3) is 0.367. The smallest absolute Gasteiger partial charge is 0.253 e. The van der Waals surface area contributed by atoms with Gasteiger partial charge in [-0.25, -0.2) is 8.42 Å². The SMILES string of the molecule is Cc1ccc(S(=O)(=O)N2CCN(Cc3cccc(C(=O)N4CCN(c5cc(Cl)ccc5C)CC4)c3)CC2)cc1. The number of aryl methyl sites for hydroxylation is 2. The topological polar surface area (TPSA) is 64.2 Å². The Kier molecular flexibility index (Phi) is 8.28. The van der Waals surface area contributed by atoms with Gasteiger partial charge in [0.15, 0.2) is 0 Å². The lowest BCUT2D eigenvalue weighted by Gasteiger charge is -2.37. The Balaban J connectivity index is 1.16. The van der Waals surface area contributed by atoms with Crippen LogP contribution in [0.2, 0.25) is 5.02 Å². The van der Waals surface area contributed by atoms with Gasteiger partial charge >= 0.3 is 0 Å². The highest BCUT2D eigenvalue weighted by molar-refractivity contribution is 7.89. The first-order chi connectivity index (χ1) is 18.7. The van der Waals surface area contributed by atoms with E-state index >= 15 is 0 Å². The zero-order valence-electron chi connectivity index (χ0n) is 22.5. The van der Waals surface area contributed by atoms with Gasteiger partial charge in [-0.05, 0) is 61.4 Å². The number of carbonyl (C=O) groups excluding carboxylic acids is 1. The fourth-order valence-corrected chi connectivity index (χ4v) is 6.89. The van der Waals surface area contributed by atoms with Gasteiger partial charge in [0.1, 0.15) is 0 Å². The maximum absolute atomic E-state index is 13.3. The minimum absolute atomic E-state index is 0.0494. The first-order valence-corrected chi connectivity index (χ1v) is 15.2. The fourth-order valence-electron chi connectivity index (χ4n) is 5.30. The predicted molar refractivity (Wildman–Crippen MR) is 156 cm³/mol. The number of hydrogen-bond donors (Lipinski definition) is 0. The number of piperazine rings is 2. The second-order valence-corrected chi connectivity index (χ2v) is 12.8. The van der Waals surface area contributed by atoms with Crippen molar-refractivity contribution in [1.82, 2.24) is 14.1 Å². The van der Waals surface area contributed by atoms with E-state index in [2.05, 4.69) is 16.7 Å². The highest BCUT2D eigenvalue weighted by Gasteiger charge is 2.29. The van der Waals surface area contributed by atoms with Gasteiger partial charge in [-0.2, -0.15) is 4.31 Å². The molecule has 0 saturated carbocycles. The molecule has 39 heavy (non-hydrogen) atoms. The monoisotopic (exact) mass is 566 g/mol. The molecule has 3 aromatic carbocycles. The Morgan fingerprint density at radius 2 is 1.51 bits per heavy atom. The lowest BCUT2D eigenvalue weighted by atomic mass is 10.1. The molecule has 0 bridgehead atoms. The minimum atomic E-state index is -3.49. The average Bonchev–Trinajstić information content (AvgIpc) is 2.95. The minimum Gasteiger partial charge on any atom is -0.368 e. The summed E-state index contributed by atoms with van der Waals surface area (Å²) in [5, 5.41) is 0.722. The Morgan fingerprint density at radius 1 is 0.821 bits per heavy atom. The normalized spacial score (nSPS) is 17.4. The number of benzene rings is 3. The van der Waals surface area contributed by atoms with Crippen LogP contribution in [0.15, 0.2) is 71.6 Å². The summed E-state index contributed by atoms with van der Waals surface area (Å²) in [5.74, 6) is 0.0494. The molecule has 2 aliphatic heterocycles. The molecule has 0 radical (unpaired) electrons. The molecule has 0 atom stereocenters. The maximum atomic E-state index is 13.3. The van der Waals surface area contributed by atoms with E-state index in [0.717, 1.165) is 34.9 Å². The molecule has 7 nitrogen and oxygen atoms in total. The predicted octanol–water partition coefficient (Wildman–Crippen LogP) is 4.43. The van der Waals surface area contributed by atoms with Crippen LogP contribution in [0.4, 0.5) is 5.69 Å². The standard InChI is InChI=1S/C30H35ClN4O3S/c1-23-6-10-28(11-7-23)39(37,38)35-18-12-32(13-19-35)22-25-4-3-5-26(20-25)30(36)34-16-14-33(15-17-34)29-21-27(31)9-8-24(29)2/h3-11,20-21H,12-19,22H2,1-2H3. The third-order valence-electron chi connectivity index (χ3n) is 7.65. The molecule has 0 aromatic heterocycles. The van der Waals surface area contributed by atoms with Crippen molar-refractivity contribution in [3.05, 3.63) is 94.0 Å². The first kappa shape index (κ1) is 27.6. The number of rotatable bonds is 6. The van der Waals surface area contributed by atoms with Gasteiger partial charge in [-0.3, -0.25) is 9.69 Å². The van der Waals surface area contributed by atoms with E-state index in [1.54, 1.807) is 16.4 Å². The van der Waals surface area contributed by atoms with Gasteiger partial charge in [0.05, 0.1) is 4.90 Å². The quantitative estimate of drug-likeness (QED) is 0.442. The molecule has 0 spiro atoms. The van der Waals surface area contributed by atoms with E-state index < -0.39 is 10.0 Å². The van der Waals surface area contributed by atoms with E-state index in [1.807, 2.05) is 66.4 Å². The zero-order chi connectivity index (χ0) is 27.6.